The van der Waals surface area contributed by atoms with Crippen LogP contribution in [0.1, 0.15) is 12.0 Å². The van der Waals surface area contributed by atoms with Crippen LogP contribution in [0.3, 0.4) is 0 Å². The molecule has 2 aromatic carbocycles. The van der Waals surface area contributed by atoms with Gasteiger partial charge in [-0.25, -0.2) is 0 Å². The number of hydrogen-bond donors (Lipinski definition) is 1. The van der Waals surface area contributed by atoms with Crippen LogP contribution in [0.4, 0.5) is 11.4 Å². The second kappa shape index (κ2) is 6.91. The van der Waals surface area contributed by atoms with Gasteiger partial charge in [-0.05, 0) is 24.1 Å². The molecule has 0 aromatic heterocycles. The first kappa shape index (κ1) is 15.0. The maximum Gasteiger partial charge on any atom is 0.269 e. The van der Waals surface area contributed by atoms with Gasteiger partial charge in [-0.1, -0.05) is 30.3 Å². The molecule has 6 heteroatoms. The predicted molar refractivity (Wildman–Crippen MR) is 90.6 cm³/mol. The fourth-order valence-electron chi connectivity index (χ4n) is 2.54. The molecule has 2 aromatic rings. The second-order valence-electron chi connectivity index (χ2n) is 5.32. The van der Waals surface area contributed by atoms with Gasteiger partial charge >= 0.3 is 0 Å². The molecular formula is C17H18N4O2. The Morgan fingerprint density at radius 2 is 1.87 bits per heavy atom. The van der Waals surface area contributed by atoms with Crippen LogP contribution < -0.4 is 10.2 Å². The van der Waals surface area contributed by atoms with Crippen molar-refractivity contribution in [1.29, 1.82) is 0 Å². The molecule has 0 aliphatic carbocycles. The third-order valence-corrected chi connectivity index (χ3v) is 3.72. The number of anilines is 1. The minimum atomic E-state index is -0.386. The van der Waals surface area contributed by atoms with Gasteiger partial charge < -0.3 is 10.2 Å². The molecule has 0 atom stereocenters. The minimum absolute atomic E-state index is 0.0986. The fraction of sp³-hybridized carbons (Fsp3) is 0.235. The zero-order valence-corrected chi connectivity index (χ0v) is 12.7. The first-order chi connectivity index (χ1) is 11.2. The van der Waals surface area contributed by atoms with Crippen molar-refractivity contribution in [3.8, 4) is 0 Å². The van der Waals surface area contributed by atoms with Crippen molar-refractivity contribution in [3.63, 3.8) is 0 Å². The van der Waals surface area contributed by atoms with E-state index in [2.05, 4.69) is 27.3 Å². The molecule has 0 saturated heterocycles. The Balaban J connectivity index is 1.73. The van der Waals surface area contributed by atoms with Gasteiger partial charge in [0.25, 0.3) is 5.69 Å². The Bertz CT molecular complexity index is 698. The summed E-state index contributed by atoms with van der Waals surface area (Å²) < 4.78 is 0. The zero-order chi connectivity index (χ0) is 16.1. The van der Waals surface area contributed by atoms with Gasteiger partial charge in [-0.15, -0.1) is 0 Å². The molecule has 1 aliphatic rings. The molecule has 0 fully saturated rings. The summed E-state index contributed by atoms with van der Waals surface area (Å²) in [5, 5.41) is 14.1. The minimum Gasteiger partial charge on any atom is -0.352 e. The molecule has 118 valence electrons. The molecule has 0 amide bonds. The third-order valence-electron chi connectivity index (χ3n) is 3.72. The Morgan fingerprint density at radius 3 is 2.57 bits per heavy atom. The normalized spacial score (nSPS) is 14.3. The summed E-state index contributed by atoms with van der Waals surface area (Å²) >= 11 is 0. The fourth-order valence-corrected chi connectivity index (χ4v) is 2.54. The van der Waals surface area contributed by atoms with E-state index in [0.717, 1.165) is 31.2 Å². The molecule has 0 radical (unpaired) electrons. The SMILES string of the molecule is O=[N+]([O-])c1ccc(N2CCCN=C2NCc2ccccc2)cc1. The van der Waals surface area contributed by atoms with Gasteiger partial charge in [0.05, 0.1) is 4.92 Å². The highest BCUT2D eigenvalue weighted by Gasteiger charge is 2.17. The lowest BCUT2D eigenvalue weighted by atomic mass is 10.2. The van der Waals surface area contributed by atoms with Crippen molar-refractivity contribution in [2.24, 2.45) is 4.99 Å². The number of aliphatic imine (C=N–C) groups is 1. The van der Waals surface area contributed by atoms with Crippen molar-refractivity contribution in [2.75, 3.05) is 18.0 Å². The van der Waals surface area contributed by atoms with Crippen LogP contribution in [0.15, 0.2) is 59.6 Å². The Kier molecular flexibility index (Phi) is 4.52. The topological polar surface area (TPSA) is 70.8 Å². The van der Waals surface area contributed by atoms with Crippen molar-refractivity contribution in [2.45, 2.75) is 13.0 Å². The van der Waals surface area contributed by atoms with Gasteiger partial charge in [0.1, 0.15) is 0 Å². The Hall–Kier alpha value is -2.89. The maximum atomic E-state index is 10.8. The number of nitro benzene ring substituents is 1. The summed E-state index contributed by atoms with van der Waals surface area (Å²) in [6.45, 7) is 2.34. The lowest BCUT2D eigenvalue weighted by Gasteiger charge is -2.29. The monoisotopic (exact) mass is 310 g/mol. The average molecular weight is 310 g/mol. The Morgan fingerprint density at radius 1 is 1.13 bits per heavy atom. The van der Waals surface area contributed by atoms with E-state index in [0.29, 0.717) is 6.54 Å². The zero-order valence-electron chi connectivity index (χ0n) is 12.7. The van der Waals surface area contributed by atoms with E-state index in [1.54, 1.807) is 12.1 Å². The quantitative estimate of drug-likeness (QED) is 0.696. The molecule has 3 rings (SSSR count). The van der Waals surface area contributed by atoms with E-state index in [1.807, 2.05) is 18.2 Å². The summed E-state index contributed by atoms with van der Waals surface area (Å²) in [5.74, 6) is 0.814. The van der Waals surface area contributed by atoms with E-state index in [9.17, 15) is 10.1 Å². The lowest BCUT2D eigenvalue weighted by molar-refractivity contribution is -0.384. The Labute approximate surface area is 134 Å². The highest BCUT2D eigenvalue weighted by molar-refractivity contribution is 5.96. The molecule has 0 unspecified atom stereocenters. The van der Waals surface area contributed by atoms with E-state index in [1.165, 1.54) is 17.7 Å². The molecule has 0 spiro atoms. The molecule has 0 bridgehead atoms. The van der Waals surface area contributed by atoms with Crippen LogP contribution in [-0.2, 0) is 6.54 Å². The lowest BCUT2D eigenvalue weighted by Crippen LogP contribution is -2.44. The van der Waals surface area contributed by atoms with E-state index < -0.39 is 0 Å². The highest BCUT2D eigenvalue weighted by Crippen LogP contribution is 2.21. The summed E-state index contributed by atoms with van der Waals surface area (Å²) in [4.78, 5) is 17.0. The van der Waals surface area contributed by atoms with Crippen LogP contribution >= 0.6 is 0 Å². The molecule has 23 heavy (non-hydrogen) atoms. The van der Waals surface area contributed by atoms with Crippen LogP contribution in [0, 0.1) is 10.1 Å². The third kappa shape index (κ3) is 3.66. The van der Waals surface area contributed by atoms with Gasteiger partial charge in [-0.2, -0.15) is 0 Å². The first-order valence-electron chi connectivity index (χ1n) is 7.58. The number of nitrogens with zero attached hydrogens (tertiary/aromatic N) is 3. The van der Waals surface area contributed by atoms with Crippen molar-refractivity contribution < 1.29 is 4.92 Å². The van der Waals surface area contributed by atoms with Crippen LogP contribution in [0.25, 0.3) is 0 Å². The number of nitro groups is 1. The summed E-state index contributed by atoms with van der Waals surface area (Å²) in [6.07, 6.45) is 0.966. The first-order valence-corrected chi connectivity index (χ1v) is 7.58. The number of nitrogens with one attached hydrogen (secondary N) is 1. The number of non-ortho nitro benzene ring substituents is 1. The van der Waals surface area contributed by atoms with E-state index >= 15 is 0 Å². The van der Waals surface area contributed by atoms with Gasteiger partial charge in [0.15, 0.2) is 5.96 Å². The van der Waals surface area contributed by atoms with Crippen molar-refractivity contribution >= 4 is 17.3 Å². The van der Waals surface area contributed by atoms with Crippen molar-refractivity contribution in [3.05, 3.63) is 70.3 Å². The molecule has 1 N–H and O–H groups in total. The van der Waals surface area contributed by atoms with Gasteiger partial charge in [-0.3, -0.25) is 15.1 Å². The van der Waals surface area contributed by atoms with E-state index in [4.69, 9.17) is 0 Å². The number of rotatable bonds is 4. The van der Waals surface area contributed by atoms with Crippen LogP contribution in [0.2, 0.25) is 0 Å². The largest absolute Gasteiger partial charge is 0.352 e. The summed E-state index contributed by atoms with van der Waals surface area (Å²) in [5.41, 5.74) is 2.19. The van der Waals surface area contributed by atoms with Crippen LogP contribution in [-0.4, -0.2) is 24.0 Å². The second-order valence-corrected chi connectivity index (χ2v) is 5.32. The molecular weight excluding hydrogens is 292 g/mol. The van der Waals surface area contributed by atoms with Gasteiger partial charge in [0, 0.05) is 37.5 Å². The number of guanidine groups is 1. The molecule has 1 aliphatic heterocycles. The predicted octanol–water partition coefficient (Wildman–Crippen LogP) is 2.95. The van der Waals surface area contributed by atoms with Gasteiger partial charge in [0.2, 0.25) is 0 Å². The number of hydrogen-bond acceptors (Lipinski definition) is 5. The van der Waals surface area contributed by atoms with Crippen molar-refractivity contribution in [1.82, 2.24) is 5.32 Å². The van der Waals surface area contributed by atoms with E-state index in [-0.39, 0.29) is 10.6 Å². The van der Waals surface area contributed by atoms with Crippen LogP contribution in [0.5, 0.6) is 0 Å². The molecule has 1 heterocycles. The molecule has 0 saturated carbocycles. The summed E-state index contributed by atoms with van der Waals surface area (Å²) in [7, 11) is 0. The standard InChI is InChI=1S/C17H18N4O2/c22-21(23)16-9-7-15(8-10-16)20-12-4-11-18-17(20)19-13-14-5-2-1-3-6-14/h1-3,5-10H,4,11-13H2,(H,18,19). The summed E-state index contributed by atoms with van der Waals surface area (Å²) in [6, 6.07) is 16.7. The highest BCUT2D eigenvalue weighted by atomic mass is 16.6. The molecule has 6 nitrogen and oxygen atoms in total. The number of benzene rings is 2. The smallest absolute Gasteiger partial charge is 0.269 e. The average Bonchev–Trinajstić information content (AvgIpc) is 2.61. The maximum absolute atomic E-state index is 10.8.